The Morgan fingerprint density at radius 2 is 1.79 bits per heavy atom. The van der Waals surface area contributed by atoms with Gasteiger partial charge in [-0.15, -0.1) is 0 Å². The molecule has 0 fully saturated rings. The van der Waals surface area contributed by atoms with Crippen molar-refractivity contribution in [3.63, 3.8) is 0 Å². The number of carbonyl (C=O) groups is 2. The van der Waals surface area contributed by atoms with E-state index >= 15 is 0 Å². The molecule has 1 aliphatic heterocycles. The lowest BCUT2D eigenvalue weighted by Gasteiger charge is -2.09. The lowest BCUT2D eigenvalue weighted by Crippen LogP contribution is -2.23. The summed E-state index contributed by atoms with van der Waals surface area (Å²) in [5, 5.41) is 6.50. The smallest absolute Gasteiger partial charge is 0.258 e. The summed E-state index contributed by atoms with van der Waals surface area (Å²) in [6, 6.07) is 9.28. The Labute approximate surface area is 166 Å². The summed E-state index contributed by atoms with van der Waals surface area (Å²) in [5.74, 6) is -0.502. The van der Waals surface area contributed by atoms with Crippen LogP contribution in [0.1, 0.15) is 37.7 Å². The second kappa shape index (κ2) is 6.90. The maximum atomic E-state index is 12.6. The normalized spacial score (nSPS) is 13.4. The third-order valence-electron chi connectivity index (χ3n) is 4.52. The van der Waals surface area contributed by atoms with Gasteiger partial charge in [-0.3, -0.25) is 14.9 Å². The number of rotatable bonds is 5. The molecule has 29 heavy (non-hydrogen) atoms. The molecule has 2 N–H and O–H groups in total. The van der Waals surface area contributed by atoms with Gasteiger partial charge in [0.25, 0.3) is 11.8 Å². The Hall–Kier alpha value is -3.37. The van der Waals surface area contributed by atoms with Gasteiger partial charge < -0.3 is 0 Å². The summed E-state index contributed by atoms with van der Waals surface area (Å²) in [5.41, 5.74) is 2.70. The van der Waals surface area contributed by atoms with Crippen molar-refractivity contribution in [1.82, 2.24) is 24.8 Å². The van der Waals surface area contributed by atoms with Gasteiger partial charge in [-0.05, 0) is 49.7 Å². The van der Waals surface area contributed by atoms with E-state index in [0.29, 0.717) is 11.4 Å². The maximum absolute atomic E-state index is 12.6. The number of sulfonamides is 1. The van der Waals surface area contributed by atoms with E-state index in [0.717, 1.165) is 11.4 Å². The standard InChI is InChI=1S/C19H17N5O4S/c1-11-7-12(2)24(23-11)17-6-3-13(9-20-17)10-21-29(27,28)14-4-5-15-16(8-14)19(26)22-18(15)25/h3-9,21H,10H2,1-2H3,(H,22,25,26). The maximum Gasteiger partial charge on any atom is 0.258 e. The van der Waals surface area contributed by atoms with Gasteiger partial charge in [0.2, 0.25) is 10.0 Å². The zero-order chi connectivity index (χ0) is 20.8. The van der Waals surface area contributed by atoms with Crippen LogP contribution >= 0.6 is 0 Å². The third kappa shape index (κ3) is 3.55. The first-order valence-electron chi connectivity index (χ1n) is 8.72. The van der Waals surface area contributed by atoms with Crippen LogP contribution < -0.4 is 10.0 Å². The fourth-order valence-corrected chi connectivity index (χ4v) is 4.13. The molecule has 0 saturated carbocycles. The van der Waals surface area contributed by atoms with Crippen molar-refractivity contribution in [3.8, 4) is 5.82 Å². The number of pyridine rings is 1. The summed E-state index contributed by atoms with van der Waals surface area (Å²) in [6.45, 7) is 3.84. The quantitative estimate of drug-likeness (QED) is 0.609. The van der Waals surface area contributed by atoms with Gasteiger partial charge in [-0.2, -0.15) is 5.10 Å². The minimum atomic E-state index is -3.87. The second-order valence-electron chi connectivity index (χ2n) is 6.68. The third-order valence-corrected chi connectivity index (χ3v) is 5.92. The molecule has 9 nitrogen and oxygen atoms in total. The number of imide groups is 1. The van der Waals surface area contributed by atoms with Crippen molar-refractivity contribution in [3.05, 3.63) is 70.7 Å². The minimum Gasteiger partial charge on any atom is -0.288 e. The first-order chi connectivity index (χ1) is 13.7. The van der Waals surface area contributed by atoms with Crippen LogP contribution in [0.3, 0.4) is 0 Å². The summed E-state index contributed by atoms with van der Waals surface area (Å²) < 4.78 is 29.3. The van der Waals surface area contributed by atoms with Gasteiger partial charge in [0, 0.05) is 18.4 Å². The Kier molecular flexibility index (Phi) is 4.52. The molecule has 10 heteroatoms. The number of hydrogen-bond acceptors (Lipinski definition) is 6. The average molecular weight is 411 g/mol. The van der Waals surface area contributed by atoms with Crippen molar-refractivity contribution in [2.45, 2.75) is 25.3 Å². The van der Waals surface area contributed by atoms with Crippen LogP contribution in [0.4, 0.5) is 0 Å². The summed E-state index contributed by atoms with van der Waals surface area (Å²) in [4.78, 5) is 27.6. The average Bonchev–Trinajstić information content (AvgIpc) is 3.18. The largest absolute Gasteiger partial charge is 0.288 e. The highest BCUT2D eigenvalue weighted by molar-refractivity contribution is 7.89. The lowest BCUT2D eigenvalue weighted by atomic mass is 10.1. The van der Waals surface area contributed by atoms with Gasteiger partial charge in [0.05, 0.1) is 21.7 Å². The Morgan fingerprint density at radius 1 is 1.03 bits per heavy atom. The highest BCUT2D eigenvalue weighted by atomic mass is 32.2. The van der Waals surface area contributed by atoms with Gasteiger partial charge in [0.1, 0.15) is 0 Å². The zero-order valence-corrected chi connectivity index (χ0v) is 16.4. The molecular formula is C19H17N5O4S. The molecule has 0 spiro atoms. The van der Waals surface area contributed by atoms with Crippen LogP contribution in [0.15, 0.2) is 47.5 Å². The van der Waals surface area contributed by atoms with Gasteiger partial charge in [-0.25, -0.2) is 22.8 Å². The fraction of sp³-hybridized carbons (Fsp3) is 0.158. The highest BCUT2D eigenvalue weighted by Gasteiger charge is 2.28. The molecule has 2 amide bonds. The number of nitrogens with zero attached hydrogens (tertiary/aromatic N) is 3. The molecule has 0 atom stereocenters. The van der Waals surface area contributed by atoms with Crippen molar-refractivity contribution in [2.24, 2.45) is 0 Å². The Balaban J connectivity index is 1.50. The molecule has 0 radical (unpaired) electrons. The van der Waals surface area contributed by atoms with Crippen molar-refractivity contribution < 1.29 is 18.0 Å². The minimum absolute atomic E-state index is 0.0228. The van der Waals surface area contributed by atoms with E-state index in [1.807, 2.05) is 19.9 Å². The van der Waals surface area contributed by atoms with Crippen molar-refractivity contribution in [1.29, 1.82) is 0 Å². The SMILES string of the molecule is Cc1cc(C)n(-c2ccc(CNS(=O)(=O)c3ccc4c(c3)C(=O)NC4=O)cn2)n1. The number of hydrogen-bond donors (Lipinski definition) is 2. The molecule has 1 aromatic carbocycles. The molecular weight excluding hydrogens is 394 g/mol. The summed E-state index contributed by atoms with van der Waals surface area (Å²) in [7, 11) is -3.87. The molecule has 4 rings (SSSR count). The molecule has 0 aliphatic carbocycles. The first-order valence-corrected chi connectivity index (χ1v) is 10.2. The number of fused-ring (bicyclic) bond motifs is 1. The van der Waals surface area contributed by atoms with E-state index < -0.39 is 21.8 Å². The van der Waals surface area contributed by atoms with E-state index in [9.17, 15) is 18.0 Å². The van der Waals surface area contributed by atoms with Gasteiger partial charge in [-0.1, -0.05) is 6.07 Å². The number of amides is 2. The van der Waals surface area contributed by atoms with E-state index in [-0.39, 0.29) is 22.6 Å². The van der Waals surface area contributed by atoms with E-state index in [1.165, 1.54) is 18.2 Å². The summed E-state index contributed by atoms with van der Waals surface area (Å²) in [6.07, 6.45) is 1.57. The van der Waals surface area contributed by atoms with Gasteiger partial charge in [0.15, 0.2) is 5.82 Å². The number of aromatic nitrogens is 3. The molecule has 1 aliphatic rings. The molecule has 148 valence electrons. The first kappa shape index (κ1) is 19.0. The van der Waals surface area contributed by atoms with Crippen LogP contribution in [0.2, 0.25) is 0 Å². The van der Waals surface area contributed by atoms with Crippen LogP contribution in [0, 0.1) is 13.8 Å². The number of nitrogens with one attached hydrogen (secondary N) is 2. The lowest BCUT2D eigenvalue weighted by molar-refractivity contribution is 0.0879. The van der Waals surface area contributed by atoms with Crippen molar-refractivity contribution >= 4 is 21.8 Å². The van der Waals surface area contributed by atoms with Crippen molar-refractivity contribution in [2.75, 3.05) is 0 Å². The number of aryl methyl sites for hydroxylation is 2. The highest BCUT2D eigenvalue weighted by Crippen LogP contribution is 2.20. The molecule has 2 aromatic heterocycles. The van der Waals surface area contributed by atoms with E-state index in [2.05, 4.69) is 20.1 Å². The van der Waals surface area contributed by atoms with Crippen LogP contribution in [-0.4, -0.2) is 35.0 Å². The van der Waals surface area contributed by atoms with E-state index in [4.69, 9.17) is 0 Å². The predicted octanol–water partition coefficient (Wildman–Crippen LogP) is 1.25. The Bertz CT molecular complexity index is 1250. The van der Waals surface area contributed by atoms with Gasteiger partial charge >= 0.3 is 0 Å². The van der Waals surface area contributed by atoms with Crippen LogP contribution in [-0.2, 0) is 16.6 Å². The number of benzene rings is 1. The number of carbonyl (C=O) groups excluding carboxylic acids is 2. The monoisotopic (exact) mass is 411 g/mol. The Morgan fingerprint density at radius 3 is 2.45 bits per heavy atom. The molecule has 0 unspecified atom stereocenters. The molecule has 0 saturated heterocycles. The second-order valence-corrected chi connectivity index (χ2v) is 8.45. The molecule has 0 bridgehead atoms. The predicted molar refractivity (Wildman–Crippen MR) is 103 cm³/mol. The molecule has 3 aromatic rings. The fourth-order valence-electron chi connectivity index (χ4n) is 3.08. The van der Waals surface area contributed by atoms with E-state index in [1.54, 1.807) is 23.0 Å². The zero-order valence-electron chi connectivity index (χ0n) is 15.6. The van der Waals surface area contributed by atoms with Crippen LogP contribution in [0.5, 0.6) is 0 Å². The topological polar surface area (TPSA) is 123 Å². The van der Waals surface area contributed by atoms with Crippen LogP contribution in [0.25, 0.3) is 5.82 Å². The summed E-state index contributed by atoms with van der Waals surface area (Å²) >= 11 is 0. The molecule has 3 heterocycles.